The van der Waals surface area contributed by atoms with Crippen molar-refractivity contribution in [3.8, 4) is 11.3 Å². The average Bonchev–Trinajstić information content (AvgIpc) is 2.58. The molecule has 2 unspecified atom stereocenters. The molecule has 0 spiro atoms. The Morgan fingerprint density at radius 3 is 2.78 bits per heavy atom. The summed E-state index contributed by atoms with van der Waals surface area (Å²) in [6.07, 6.45) is 6.37. The zero-order chi connectivity index (χ0) is 15.8. The van der Waals surface area contributed by atoms with Crippen LogP contribution >= 0.6 is 0 Å². The summed E-state index contributed by atoms with van der Waals surface area (Å²) in [5.74, 6) is 0. The van der Waals surface area contributed by atoms with E-state index in [1.54, 1.807) is 6.20 Å². The van der Waals surface area contributed by atoms with Gasteiger partial charge in [-0.25, -0.2) is 4.79 Å². The standard InChI is InChI=1S/C18H20N4O/c1-12-7-8-13(10-16(12)17-6-3-9-19-21-17)20-18(23)22-14-4-2-5-15(22)11-14/h3,6-10,14-15H,2,4-5,11H2,1H3,(H,20,23). The lowest BCUT2D eigenvalue weighted by molar-refractivity contribution is 0.0173. The van der Waals surface area contributed by atoms with E-state index in [2.05, 4.69) is 15.5 Å². The SMILES string of the molecule is Cc1ccc(NC(=O)N2C3CCCC2C3)cc1-c1cccnn1. The van der Waals surface area contributed by atoms with E-state index in [9.17, 15) is 4.79 Å². The first-order valence-electron chi connectivity index (χ1n) is 8.20. The zero-order valence-electron chi connectivity index (χ0n) is 13.2. The van der Waals surface area contributed by atoms with Gasteiger partial charge in [0.15, 0.2) is 0 Å². The number of nitrogens with one attached hydrogen (secondary N) is 1. The molecular formula is C18H20N4O. The molecule has 118 valence electrons. The summed E-state index contributed by atoms with van der Waals surface area (Å²) in [5.41, 5.74) is 3.75. The Bertz CT molecular complexity index is 717. The second kappa shape index (κ2) is 5.65. The zero-order valence-corrected chi connectivity index (χ0v) is 13.2. The second-order valence-electron chi connectivity index (χ2n) is 6.45. The highest BCUT2D eigenvalue weighted by Gasteiger charge is 2.44. The smallest absolute Gasteiger partial charge is 0.318 e. The molecule has 1 aromatic heterocycles. The highest BCUT2D eigenvalue weighted by atomic mass is 16.2. The van der Waals surface area contributed by atoms with Gasteiger partial charge in [0.25, 0.3) is 0 Å². The highest BCUT2D eigenvalue weighted by molar-refractivity contribution is 5.91. The Morgan fingerprint density at radius 1 is 1.26 bits per heavy atom. The summed E-state index contributed by atoms with van der Waals surface area (Å²) >= 11 is 0. The molecule has 0 saturated carbocycles. The number of hydrogen-bond donors (Lipinski definition) is 1. The first kappa shape index (κ1) is 14.2. The number of hydrogen-bond acceptors (Lipinski definition) is 3. The van der Waals surface area contributed by atoms with Crippen LogP contribution < -0.4 is 5.32 Å². The van der Waals surface area contributed by atoms with E-state index in [1.165, 1.54) is 12.8 Å². The Balaban J connectivity index is 1.55. The Morgan fingerprint density at radius 2 is 2.09 bits per heavy atom. The molecule has 1 aromatic carbocycles. The fraction of sp³-hybridized carbons (Fsp3) is 0.389. The van der Waals surface area contributed by atoms with Gasteiger partial charge in [-0.15, -0.1) is 0 Å². The van der Waals surface area contributed by atoms with Gasteiger partial charge in [-0.2, -0.15) is 10.2 Å². The van der Waals surface area contributed by atoms with Crippen molar-refractivity contribution < 1.29 is 4.79 Å². The van der Waals surface area contributed by atoms with Crippen LogP contribution in [0.2, 0.25) is 0 Å². The van der Waals surface area contributed by atoms with E-state index in [-0.39, 0.29) is 6.03 Å². The van der Waals surface area contributed by atoms with Crippen molar-refractivity contribution in [1.82, 2.24) is 15.1 Å². The van der Waals surface area contributed by atoms with Crippen LogP contribution in [-0.4, -0.2) is 33.2 Å². The molecule has 5 heteroatoms. The van der Waals surface area contributed by atoms with Gasteiger partial charge in [0, 0.05) is 29.5 Å². The molecule has 2 saturated heterocycles. The Labute approximate surface area is 135 Å². The van der Waals surface area contributed by atoms with Crippen molar-refractivity contribution in [2.75, 3.05) is 5.32 Å². The normalized spacial score (nSPS) is 22.4. The van der Waals surface area contributed by atoms with Gasteiger partial charge in [0.1, 0.15) is 0 Å². The second-order valence-corrected chi connectivity index (χ2v) is 6.45. The number of urea groups is 1. The van der Waals surface area contributed by atoms with Crippen molar-refractivity contribution in [2.45, 2.75) is 44.7 Å². The van der Waals surface area contributed by atoms with Crippen molar-refractivity contribution in [3.05, 3.63) is 42.1 Å². The molecule has 2 fully saturated rings. The lowest BCUT2D eigenvalue weighted by Gasteiger charge is -2.52. The molecule has 1 N–H and O–H groups in total. The van der Waals surface area contributed by atoms with Crippen LogP contribution in [0.25, 0.3) is 11.3 Å². The summed E-state index contributed by atoms with van der Waals surface area (Å²) in [4.78, 5) is 14.5. The maximum absolute atomic E-state index is 12.5. The number of piperidine rings is 1. The monoisotopic (exact) mass is 308 g/mol. The van der Waals surface area contributed by atoms with Crippen LogP contribution in [0.1, 0.15) is 31.2 Å². The third kappa shape index (κ3) is 2.56. The maximum atomic E-state index is 12.5. The van der Waals surface area contributed by atoms with Crippen LogP contribution in [-0.2, 0) is 0 Å². The molecule has 2 aliphatic rings. The first-order chi connectivity index (χ1) is 11.2. The molecule has 4 rings (SSSR count). The largest absolute Gasteiger partial charge is 0.322 e. The summed E-state index contributed by atoms with van der Waals surface area (Å²) < 4.78 is 0. The Hall–Kier alpha value is -2.43. The number of benzene rings is 1. The molecule has 3 heterocycles. The fourth-order valence-electron chi connectivity index (χ4n) is 3.74. The molecule has 2 aromatic rings. The predicted octanol–water partition coefficient (Wildman–Crippen LogP) is 3.61. The number of aryl methyl sites for hydroxylation is 1. The number of nitrogens with zero attached hydrogens (tertiary/aromatic N) is 3. The van der Waals surface area contributed by atoms with Crippen LogP contribution in [0, 0.1) is 6.92 Å². The fourth-order valence-corrected chi connectivity index (χ4v) is 3.74. The van der Waals surface area contributed by atoms with Crippen molar-refractivity contribution in [1.29, 1.82) is 0 Å². The highest BCUT2D eigenvalue weighted by Crippen LogP contribution is 2.38. The lowest BCUT2D eigenvalue weighted by Crippen LogP contribution is -2.62. The van der Waals surface area contributed by atoms with Gasteiger partial charge in [-0.1, -0.05) is 6.07 Å². The summed E-state index contributed by atoms with van der Waals surface area (Å²) in [5, 5.41) is 11.2. The van der Waals surface area contributed by atoms with E-state index >= 15 is 0 Å². The van der Waals surface area contributed by atoms with Gasteiger partial charge in [-0.05, 0) is 62.4 Å². The van der Waals surface area contributed by atoms with Crippen LogP contribution in [0.5, 0.6) is 0 Å². The van der Waals surface area contributed by atoms with Gasteiger partial charge < -0.3 is 10.2 Å². The number of fused-ring (bicyclic) bond motifs is 2. The molecule has 0 radical (unpaired) electrons. The molecule has 2 bridgehead atoms. The van der Waals surface area contributed by atoms with Crippen LogP contribution in [0.15, 0.2) is 36.5 Å². The number of anilines is 1. The summed E-state index contributed by atoms with van der Waals surface area (Å²) in [6, 6.07) is 10.7. The third-order valence-corrected chi connectivity index (χ3v) is 4.98. The first-order valence-corrected chi connectivity index (χ1v) is 8.20. The molecule has 23 heavy (non-hydrogen) atoms. The number of carbonyl (C=O) groups excluding carboxylic acids is 1. The number of carbonyl (C=O) groups is 1. The predicted molar refractivity (Wildman–Crippen MR) is 89.1 cm³/mol. The lowest BCUT2D eigenvalue weighted by atomic mass is 9.80. The van der Waals surface area contributed by atoms with Gasteiger partial charge in [0.2, 0.25) is 0 Å². The molecule has 5 nitrogen and oxygen atoms in total. The van der Waals surface area contributed by atoms with Crippen molar-refractivity contribution in [3.63, 3.8) is 0 Å². The minimum Gasteiger partial charge on any atom is -0.318 e. The molecular weight excluding hydrogens is 288 g/mol. The third-order valence-electron chi connectivity index (χ3n) is 4.98. The molecule has 2 amide bonds. The van der Waals surface area contributed by atoms with Gasteiger partial charge in [0.05, 0.1) is 5.69 Å². The van der Waals surface area contributed by atoms with E-state index in [4.69, 9.17) is 0 Å². The maximum Gasteiger partial charge on any atom is 0.322 e. The quantitative estimate of drug-likeness (QED) is 0.922. The minimum absolute atomic E-state index is 0.0277. The van der Waals surface area contributed by atoms with E-state index < -0.39 is 0 Å². The number of amides is 2. The van der Waals surface area contributed by atoms with Crippen LogP contribution in [0.4, 0.5) is 10.5 Å². The number of aromatic nitrogens is 2. The minimum atomic E-state index is 0.0277. The van der Waals surface area contributed by atoms with E-state index in [1.807, 2.05) is 42.2 Å². The average molecular weight is 308 g/mol. The van der Waals surface area contributed by atoms with E-state index in [0.717, 1.165) is 35.3 Å². The molecule has 2 atom stereocenters. The summed E-state index contributed by atoms with van der Waals surface area (Å²) in [7, 11) is 0. The summed E-state index contributed by atoms with van der Waals surface area (Å²) in [6.45, 7) is 2.04. The molecule has 0 aliphatic carbocycles. The van der Waals surface area contributed by atoms with Crippen LogP contribution in [0.3, 0.4) is 0 Å². The molecule has 2 aliphatic heterocycles. The van der Waals surface area contributed by atoms with Gasteiger partial charge >= 0.3 is 6.03 Å². The Kier molecular flexibility index (Phi) is 3.48. The van der Waals surface area contributed by atoms with Gasteiger partial charge in [-0.3, -0.25) is 0 Å². The van der Waals surface area contributed by atoms with Crippen molar-refractivity contribution in [2.24, 2.45) is 0 Å². The topological polar surface area (TPSA) is 58.1 Å². The number of rotatable bonds is 2. The van der Waals surface area contributed by atoms with Crippen molar-refractivity contribution >= 4 is 11.7 Å². The van der Waals surface area contributed by atoms with E-state index in [0.29, 0.717) is 12.1 Å².